The molecule has 5 heteroatoms. The van der Waals surface area contributed by atoms with Crippen molar-refractivity contribution in [2.45, 2.75) is 152 Å². The molecule has 3 heterocycles. The van der Waals surface area contributed by atoms with Gasteiger partial charge in [0, 0.05) is 11.8 Å². The highest BCUT2D eigenvalue weighted by Gasteiger charge is 2.49. The van der Waals surface area contributed by atoms with Crippen molar-refractivity contribution in [2.24, 2.45) is 47.3 Å². The van der Waals surface area contributed by atoms with Crippen LogP contribution < -0.4 is 0 Å². The lowest BCUT2D eigenvalue weighted by atomic mass is 9.77. The molecule has 0 spiro atoms. The Balaban J connectivity index is 1.72. The third kappa shape index (κ3) is 6.01. The molecular weight excluding hydrogens is 452 g/mol. The highest BCUT2D eigenvalue weighted by atomic mass is 16.7. The zero-order chi connectivity index (χ0) is 26.9. The van der Waals surface area contributed by atoms with Crippen LogP contribution in [-0.2, 0) is 23.7 Å². The molecule has 0 radical (unpaired) electrons. The monoisotopic (exact) mass is 510 g/mol. The van der Waals surface area contributed by atoms with Crippen molar-refractivity contribution in [1.82, 2.24) is 0 Å². The van der Waals surface area contributed by atoms with Crippen molar-refractivity contribution in [1.29, 1.82) is 0 Å². The minimum atomic E-state index is -0.246. The van der Waals surface area contributed by atoms with E-state index >= 15 is 0 Å². The van der Waals surface area contributed by atoms with Crippen molar-refractivity contribution in [3.63, 3.8) is 0 Å². The zero-order valence-corrected chi connectivity index (χ0v) is 25.4. The van der Waals surface area contributed by atoms with E-state index in [2.05, 4.69) is 83.1 Å². The summed E-state index contributed by atoms with van der Waals surface area (Å²) in [4.78, 5) is 0. The number of ether oxygens (including phenoxy) is 5. The summed E-state index contributed by atoms with van der Waals surface area (Å²) in [5.74, 6) is 3.38. The summed E-state index contributed by atoms with van der Waals surface area (Å²) in [7, 11) is 0. The van der Waals surface area contributed by atoms with Crippen molar-refractivity contribution in [2.75, 3.05) is 0 Å². The summed E-state index contributed by atoms with van der Waals surface area (Å²) in [6.07, 6.45) is 3.13. The van der Waals surface area contributed by atoms with Gasteiger partial charge >= 0.3 is 0 Å². The maximum Gasteiger partial charge on any atom is 0.161 e. The van der Waals surface area contributed by atoms with Gasteiger partial charge in [-0.05, 0) is 54.8 Å². The summed E-state index contributed by atoms with van der Waals surface area (Å²) in [5.41, 5.74) is 0. The van der Waals surface area contributed by atoms with Crippen LogP contribution in [0.15, 0.2) is 0 Å². The van der Waals surface area contributed by atoms with Gasteiger partial charge in [0.1, 0.15) is 0 Å². The molecule has 0 saturated carbocycles. The molecule has 3 saturated heterocycles. The lowest BCUT2D eigenvalue weighted by Gasteiger charge is -2.51. The molecule has 3 fully saturated rings. The summed E-state index contributed by atoms with van der Waals surface area (Å²) < 4.78 is 33.5. The molecule has 0 bridgehead atoms. The molecule has 0 aromatic heterocycles. The molecule has 3 aliphatic rings. The molecular formula is C31H58O5. The van der Waals surface area contributed by atoms with Crippen LogP contribution >= 0.6 is 0 Å². The first kappa shape index (κ1) is 30.3. The molecule has 0 aromatic carbocycles. The summed E-state index contributed by atoms with van der Waals surface area (Å²) >= 11 is 0. The quantitative estimate of drug-likeness (QED) is 0.342. The van der Waals surface area contributed by atoms with E-state index in [0.29, 0.717) is 41.4 Å². The summed E-state index contributed by atoms with van der Waals surface area (Å²) in [6, 6.07) is 0. The number of rotatable bonds is 8. The maximum atomic E-state index is 6.85. The second-order valence-corrected chi connectivity index (χ2v) is 12.9. The molecule has 3 aliphatic heterocycles. The van der Waals surface area contributed by atoms with Crippen LogP contribution in [-0.4, -0.2) is 49.2 Å². The molecule has 0 aromatic rings. The van der Waals surface area contributed by atoms with Crippen LogP contribution in [0.4, 0.5) is 0 Å². The predicted octanol–water partition coefficient (Wildman–Crippen LogP) is 7.31. The van der Waals surface area contributed by atoms with E-state index in [1.165, 1.54) is 0 Å². The molecule has 0 amide bonds. The average Bonchev–Trinajstić information content (AvgIpc) is 2.86. The topological polar surface area (TPSA) is 46.2 Å². The zero-order valence-electron chi connectivity index (χ0n) is 25.4. The second-order valence-electron chi connectivity index (χ2n) is 12.9. The fourth-order valence-corrected chi connectivity index (χ4v) is 7.02. The van der Waals surface area contributed by atoms with Crippen LogP contribution in [0.3, 0.4) is 0 Å². The average molecular weight is 511 g/mol. The smallest absolute Gasteiger partial charge is 0.161 e. The Morgan fingerprint density at radius 2 is 0.917 bits per heavy atom. The molecule has 5 nitrogen and oxygen atoms in total. The van der Waals surface area contributed by atoms with E-state index in [1.807, 2.05) is 0 Å². The van der Waals surface area contributed by atoms with Crippen LogP contribution in [0.2, 0.25) is 0 Å². The van der Waals surface area contributed by atoms with Crippen LogP contribution in [0, 0.1) is 47.3 Å². The second kappa shape index (κ2) is 12.8. The van der Waals surface area contributed by atoms with Gasteiger partial charge in [-0.3, -0.25) is 0 Å². The molecule has 7 unspecified atom stereocenters. The normalized spacial score (nSPS) is 50.4. The maximum absolute atomic E-state index is 6.85. The van der Waals surface area contributed by atoms with E-state index in [4.69, 9.17) is 23.7 Å². The van der Waals surface area contributed by atoms with Gasteiger partial charge in [-0.15, -0.1) is 0 Å². The molecule has 15 atom stereocenters. The van der Waals surface area contributed by atoms with Gasteiger partial charge in [-0.2, -0.15) is 0 Å². The Morgan fingerprint density at radius 3 is 1.39 bits per heavy atom. The number of hydrogen-bond acceptors (Lipinski definition) is 5. The van der Waals surface area contributed by atoms with Gasteiger partial charge in [0.15, 0.2) is 12.6 Å². The molecule has 3 rings (SSSR count). The Bertz CT molecular complexity index is 663. The van der Waals surface area contributed by atoms with Gasteiger partial charge in [-0.25, -0.2) is 0 Å². The lowest BCUT2D eigenvalue weighted by molar-refractivity contribution is -0.340. The van der Waals surface area contributed by atoms with E-state index in [0.717, 1.165) is 19.3 Å². The van der Waals surface area contributed by atoms with E-state index < -0.39 is 0 Å². The van der Waals surface area contributed by atoms with E-state index in [-0.39, 0.29) is 55.1 Å². The Labute approximate surface area is 222 Å². The van der Waals surface area contributed by atoms with Crippen molar-refractivity contribution in [3.05, 3.63) is 0 Å². The first-order valence-electron chi connectivity index (χ1n) is 15.2. The van der Waals surface area contributed by atoms with Crippen LogP contribution in [0.5, 0.6) is 0 Å². The first-order valence-corrected chi connectivity index (χ1v) is 15.2. The van der Waals surface area contributed by atoms with Crippen molar-refractivity contribution >= 4 is 0 Å². The molecule has 0 aliphatic carbocycles. The Hall–Kier alpha value is -0.200. The van der Waals surface area contributed by atoms with Crippen molar-refractivity contribution < 1.29 is 23.7 Å². The Morgan fingerprint density at radius 1 is 0.500 bits per heavy atom. The van der Waals surface area contributed by atoms with E-state index in [1.54, 1.807) is 0 Å². The molecule has 0 N–H and O–H groups in total. The van der Waals surface area contributed by atoms with Gasteiger partial charge < -0.3 is 23.7 Å². The fraction of sp³-hybridized carbons (Fsp3) is 1.00. The predicted molar refractivity (Wildman–Crippen MR) is 146 cm³/mol. The van der Waals surface area contributed by atoms with Gasteiger partial charge in [-0.1, -0.05) is 83.1 Å². The van der Waals surface area contributed by atoms with Crippen molar-refractivity contribution in [3.8, 4) is 0 Å². The van der Waals surface area contributed by atoms with Gasteiger partial charge in [0.2, 0.25) is 0 Å². The third-order valence-corrected chi connectivity index (χ3v) is 10.4. The molecule has 36 heavy (non-hydrogen) atoms. The van der Waals surface area contributed by atoms with Crippen LogP contribution in [0.1, 0.15) is 102 Å². The largest absolute Gasteiger partial charge is 0.372 e. The highest BCUT2D eigenvalue weighted by Crippen LogP contribution is 2.43. The standard InChI is InChI=1S/C31H58O5/c1-13-24-18(7)17(6)22(11)30(33-24)36-29-21(10)23(12)31(34-26(29)15-3)35-28-20(9)19(8)27(16(4)5)32-25(28)14-2/h16-31H,13-15H2,1-12H3/t17-,18+,19?,20+,21+,22?,23?,24?,25?,26?,27?,28+,29+,30-,31-/m0/s1. The van der Waals surface area contributed by atoms with Crippen LogP contribution in [0.25, 0.3) is 0 Å². The fourth-order valence-electron chi connectivity index (χ4n) is 7.02. The van der Waals surface area contributed by atoms with E-state index in [9.17, 15) is 0 Å². The van der Waals surface area contributed by atoms with Gasteiger partial charge in [0.05, 0.1) is 36.6 Å². The minimum absolute atomic E-state index is 0.00154. The summed E-state index contributed by atoms with van der Waals surface area (Å²) in [6.45, 7) is 27.3. The SMILES string of the molecule is CCC1O[C@@H](O[C@H]2C(CC)O[C@@H](O[C@H]3C(CC)OC(C(C)C)C(C)[C@H]3C)C(C)[C@H]2C)C(C)[C@@H](C)[C@H]1C. The number of hydrogen-bond donors (Lipinski definition) is 0. The van der Waals surface area contributed by atoms with Gasteiger partial charge in [0.25, 0.3) is 0 Å². The molecule has 212 valence electrons. The first-order chi connectivity index (χ1) is 17.0. The Kier molecular flexibility index (Phi) is 10.8. The lowest BCUT2D eigenvalue weighted by Crippen LogP contribution is -2.58. The highest BCUT2D eigenvalue weighted by molar-refractivity contribution is 4.93. The summed E-state index contributed by atoms with van der Waals surface area (Å²) in [5, 5.41) is 0. The minimum Gasteiger partial charge on any atom is -0.372 e. The third-order valence-electron chi connectivity index (χ3n) is 10.4.